The van der Waals surface area contributed by atoms with Crippen LogP contribution in [0.15, 0.2) is 11.6 Å². The van der Waals surface area contributed by atoms with Crippen molar-refractivity contribution < 1.29 is 9.84 Å². The van der Waals surface area contributed by atoms with E-state index in [1.165, 1.54) is 50.5 Å². The van der Waals surface area contributed by atoms with Crippen LogP contribution in [0.2, 0.25) is 0 Å². The molecule has 184 valence electrons. The summed E-state index contributed by atoms with van der Waals surface area (Å²) in [6, 6.07) is 0. The molecule has 1 N–H and O–H groups in total. The van der Waals surface area contributed by atoms with Crippen molar-refractivity contribution >= 4 is 0 Å². The van der Waals surface area contributed by atoms with Crippen LogP contribution in [0.4, 0.5) is 0 Å². The molecular formula is C30H52O2. The Balaban J connectivity index is 1.54. The Morgan fingerprint density at radius 2 is 1.78 bits per heavy atom. The van der Waals surface area contributed by atoms with Gasteiger partial charge in [-0.05, 0) is 104 Å². The molecule has 2 heteroatoms. The van der Waals surface area contributed by atoms with Gasteiger partial charge in [0, 0.05) is 7.11 Å². The summed E-state index contributed by atoms with van der Waals surface area (Å²) in [5, 5.41) is 10.4. The lowest BCUT2D eigenvalue weighted by atomic mass is 9.46. The normalized spacial score (nSPS) is 45.6. The zero-order valence-electron chi connectivity index (χ0n) is 22.2. The summed E-state index contributed by atoms with van der Waals surface area (Å²) in [6.07, 6.45) is 15.3. The number of fused-ring (bicyclic) bond motifs is 5. The zero-order valence-corrected chi connectivity index (χ0v) is 22.2. The van der Waals surface area contributed by atoms with E-state index in [2.05, 4.69) is 47.6 Å². The molecule has 0 heterocycles. The van der Waals surface area contributed by atoms with Crippen LogP contribution < -0.4 is 0 Å². The van der Waals surface area contributed by atoms with Gasteiger partial charge < -0.3 is 9.84 Å². The highest BCUT2D eigenvalue weighted by molar-refractivity contribution is 5.28. The van der Waals surface area contributed by atoms with Gasteiger partial charge in [-0.15, -0.1) is 0 Å². The van der Waals surface area contributed by atoms with Crippen LogP contribution in [-0.2, 0) is 4.74 Å². The minimum atomic E-state index is -0.147. The molecule has 0 saturated heterocycles. The molecule has 4 unspecified atom stereocenters. The van der Waals surface area contributed by atoms with Crippen LogP contribution in [0.5, 0.6) is 0 Å². The van der Waals surface area contributed by atoms with Crippen LogP contribution in [0.1, 0.15) is 106 Å². The van der Waals surface area contributed by atoms with Crippen molar-refractivity contribution in [2.75, 3.05) is 7.11 Å². The summed E-state index contributed by atoms with van der Waals surface area (Å²) >= 11 is 0. The van der Waals surface area contributed by atoms with E-state index in [0.717, 1.165) is 54.8 Å². The molecule has 4 aliphatic rings. The third-order valence-corrected chi connectivity index (χ3v) is 11.6. The van der Waals surface area contributed by atoms with Crippen molar-refractivity contribution in [2.45, 2.75) is 118 Å². The van der Waals surface area contributed by atoms with Crippen LogP contribution in [0.3, 0.4) is 0 Å². The Bertz CT molecular complexity index is 682. The highest BCUT2D eigenvalue weighted by Gasteiger charge is 2.61. The van der Waals surface area contributed by atoms with Gasteiger partial charge in [0.2, 0.25) is 0 Å². The smallest absolute Gasteiger partial charge is 0.0788 e. The molecule has 0 aliphatic heterocycles. The highest BCUT2D eigenvalue weighted by Crippen LogP contribution is 2.67. The van der Waals surface area contributed by atoms with E-state index >= 15 is 0 Å². The molecule has 0 amide bonds. The molecule has 0 bridgehead atoms. The van der Waals surface area contributed by atoms with Crippen LogP contribution >= 0.6 is 0 Å². The fourth-order valence-corrected chi connectivity index (χ4v) is 9.49. The van der Waals surface area contributed by atoms with Crippen molar-refractivity contribution in [3.05, 3.63) is 11.6 Å². The summed E-state index contributed by atoms with van der Waals surface area (Å²) in [4.78, 5) is 0. The Hall–Kier alpha value is -0.340. The van der Waals surface area contributed by atoms with Crippen LogP contribution in [-0.4, -0.2) is 24.4 Å². The van der Waals surface area contributed by atoms with E-state index in [-0.39, 0.29) is 17.6 Å². The lowest BCUT2D eigenvalue weighted by molar-refractivity contribution is -0.106. The van der Waals surface area contributed by atoms with E-state index in [9.17, 15) is 5.11 Å². The largest absolute Gasteiger partial charge is 0.393 e. The first kappa shape index (κ1) is 24.8. The lowest BCUT2D eigenvalue weighted by Crippen LogP contribution is -2.55. The van der Waals surface area contributed by atoms with Gasteiger partial charge in [-0.1, -0.05) is 66.0 Å². The maximum Gasteiger partial charge on any atom is 0.0788 e. The maximum atomic E-state index is 10.4. The molecule has 3 fully saturated rings. The summed E-state index contributed by atoms with van der Waals surface area (Å²) in [7, 11) is 1.93. The van der Waals surface area contributed by atoms with E-state index in [4.69, 9.17) is 4.74 Å². The third-order valence-electron chi connectivity index (χ3n) is 11.6. The number of rotatable bonds is 7. The number of methoxy groups -OCH3 is 1. The number of hydrogen-bond donors (Lipinski definition) is 1. The second-order valence-corrected chi connectivity index (χ2v) is 13.2. The van der Waals surface area contributed by atoms with Gasteiger partial charge in [0.1, 0.15) is 0 Å². The SMILES string of the molecule is CC[C@@H](CC[C@@H](C)C1CCC2C3C(CC[C@@]21C)[C@@]1(C)CC[C@H](O)CC1=C[C@H]3OC)C(C)C. The first-order valence-electron chi connectivity index (χ1n) is 14.1. The maximum absolute atomic E-state index is 10.4. The molecule has 0 radical (unpaired) electrons. The molecule has 0 aromatic heterocycles. The fraction of sp³-hybridized carbons (Fsp3) is 0.933. The zero-order chi connectivity index (χ0) is 23.3. The molecule has 0 spiro atoms. The quantitative estimate of drug-likeness (QED) is 0.409. The average molecular weight is 445 g/mol. The monoisotopic (exact) mass is 444 g/mol. The Kier molecular flexibility index (Phi) is 7.25. The average Bonchev–Trinajstić information content (AvgIpc) is 3.11. The summed E-state index contributed by atoms with van der Waals surface area (Å²) in [5.41, 5.74) is 2.28. The van der Waals surface area contributed by atoms with Crippen molar-refractivity contribution in [2.24, 2.45) is 52.3 Å². The second kappa shape index (κ2) is 9.37. The van der Waals surface area contributed by atoms with E-state index in [1.807, 2.05) is 7.11 Å². The van der Waals surface area contributed by atoms with Gasteiger partial charge in [-0.25, -0.2) is 0 Å². The standard InChI is InChI=1S/C30H52O2/c1-8-21(19(2)3)10-9-20(4)24-11-12-25-28-26(14-16-30(24,25)6)29(5)15-13-23(31)17-22(29)18-27(28)32-7/h18-21,23-28,31H,8-17H2,1-7H3/t20-,21+,23+,24?,25?,26?,27-,28?,29+,30-/m1/s1. The second-order valence-electron chi connectivity index (χ2n) is 13.2. The van der Waals surface area contributed by atoms with Crippen LogP contribution in [0.25, 0.3) is 0 Å². The molecule has 3 saturated carbocycles. The predicted octanol–water partition coefficient (Wildman–Crippen LogP) is 7.65. The Morgan fingerprint density at radius 1 is 1.03 bits per heavy atom. The van der Waals surface area contributed by atoms with E-state index in [0.29, 0.717) is 11.3 Å². The molecule has 4 rings (SSSR count). The van der Waals surface area contributed by atoms with E-state index < -0.39 is 0 Å². The molecule has 2 nitrogen and oxygen atoms in total. The van der Waals surface area contributed by atoms with Gasteiger partial charge >= 0.3 is 0 Å². The molecule has 32 heavy (non-hydrogen) atoms. The van der Waals surface area contributed by atoms with Gasteiger partial charge in [-0.2, -0.15) is 0 Å². The van der Waals surface area contributed by atoms with Crippen molar-refractivity contribution in [1.29, 1.82) is 0 Å². The molecule has 0 aromatic carbocycles. The van der Waals surface area contributed by atoms with E-state index in [1.54, 1.807) is 0 Å². The summed E-state index contributed by atoms with van der Waals surface area (Å²) in [5.74, 6) is 5.62. The van der Waals surface area contributed by atoms with Gasteiger partial charge in [-0.3, -0.25) is 0 Å². The molecule has 10 atom stereocenters. The molecule has 4 aliphatic carbocycles. The Morgan fingerprint density at radius 3 is 2.44 bits per heavy atom. The van der Waals surface area contributed by atoms with Crippen LogP contribution in [0, 0.1) is 52.3 Å². The van der Waals surface area contributed by atoms with Gasteiger partial charge in [0.05, 0.1) is 12.2 Å². The van der Waals surface area contributed by atoms with Gasteiger partial charge in [0.15, 0.2) is 0 Å². The number of hydrogen-bond acceptors (Lipinski definition) is 2. The first-order valence-corrected chi connectivity index (χ1v) is 14.1. The number of ether oxygens (including phenoxy) is 1. The predicted molar refractivity (Wildman–Crippen MR) is 134 cm³/mol. The number of aliphatic hydroxyl groups is 1. The minimum absolute atomic E-state index is 0.147. The van der Waals surface area contributed by atoms with Gasteiger partial charge in [0.25, 0.3) is 0 Å². The Labute approximate surface area is 199 Å². The summed E-state index contributed by atoms with van der Waals surface area (Å²) in [6.45, 7) is 15.0. The van der Waals surface area contributed by atoms with Crippen molar-refractivity contribution in [3.63, 3.8) is 0 Å². The minimum Gasteiger partial charge on any atom is -0.393 e. The highest BCUT2D eigenvalue weighted by atomic mass is 16.5. The van der Waals surface area contributed by atoms with Crippen molar-refractivity contribution in [1.82, 2.24) is 0 Å². The first-order chi connectivity index (χ1) is 15.2. The summed E-state index contributed by atoms with van der Waals surface area (Å²) < 4.78 is 6.20. The lowest BCUT2D eigenvalue weighted by Gasteiger charge is -2.60. The topological polar surface area (TPSA) is 29.5 Å². The molecular weight excluding hydrogens is 392 g/mol. The number of aliphatic hydroxyl groups excluding tert-OH is 1. The fourth-order valence-electron chi connectivity index (χ4n) is 9.49. The molecule has 0 aromatic rings. The third kappa shape index (κ3) is 4.04. The van der Waals surface area contributed by atoms with Crippen molar-refractivity contribution in [3.8, 4) is 0 Å².